The second-order valence-corrected chi connectivity index (χ2v) is 9.82. The third-order valence-corrected chi connectivity index (χ3v) is 6.24. The number of hydrogen-bond donors (Lipinski definition) is 3. The van der Waals surface area contributed by atoms with E-state index in [2.05, 4.69) is 27.2 Å². The number of hydrazine groups is 1. The number of carboxylic acid groups (broad SMARTS) is 1. The lowest BCUT2D eigenvalue weighted by molar-refractivity contribution is -0.137. The van der Waals surface area contributed by atoms with Gasteiger partial charge < -0.3 is 10.0 Å². The highest BCUT2D eigenvalue weighted by Gasteiger charge is 2.20. The van der Waals surface area contributed by atoms with Gasteiger partial charge in [-0.05, 0) is 48.4 Å². The van der Waals surface area contributed by atoms with Crippen molar-refractivity contribution in [2.24, 2.45) is 11.8 Å². The number of nitrogens with one attached hydrogen (secondary N) is 1. The van der Waals surface area contributed by atoms with Crippen LogP contribution in [0.3, 0.4) is 0 Å². The summed E-state index contributed by atoms with van der Waals surface area (Å²) in [7, 11) is 0. The van der Waals surface area contributed by atoms with Crippen molar-refractivity contribution in [2.45, 2.75) is 13.8 Å². The predicted octanol–water partition coefficient (Wildman–Crippen LogP) is 4.14. The molecule has 0 aliphatic heterocycles. The van der Waals surface area contributed by atoms with Crippen LogP contribution in [0.1, 0.15) is 45.7 Å². The van der Waals surface area contributed by atoms with Crippen LogP contribution >= 0.6 is 11.6 Å². The monoisotopic (exact) mass is 555 g/mol. The highest BCUT2D eigenvalue weighted by molar-refractivity contribution is 6.32. The van der Waals surface area contributed by atoms with Crippen molar-refractivity contribution >= 4 is 40.3 Å². The molecule has 0 fully saturated rings. The minimum absolute atomic E-state index is 0.108. The Hall–Kier alpha value is -4.78. The molecule has 202 valence electrons. The SMILES string of the molecule is CC(C)CN(CC(=O)O)C(=O)c1ccc(C#Cc2ccc(-c3cc(C(=O)NN)c4cnccc4n3)cc2)c(Cl)c1. The molecule has 4 rings (SSSR count). The third-order valence-electron chi connectivity index (χ3n) is 5.92. The number of carboxylic acids is 1. The molecule has 4 N–H and O–H groups in total. The topological polar surface area (TPSA) is 139 Å². The summed E-state index contributed by atoms with van der Waals surface area (Å²) in [6, 6.07) is 15.5. The minimum atomic E-state index is -1.08. The Balaban J connectivity index is 1.56. The summed E-state index contributed by atoms with van der Waals surface area (Å²) in [6.45, 7) is 3.75. The lowest BCUT2D eigenvalue weighted by Crippen LogP contribution is -2.38. The smallest absolute Gasteiger partial charge is 0.323 e. The van der Waals surface area contributed by atoms with Crippen LogP contribution in [0.25, 0.3) is 22.2 Å². The van der Waals surface area contributed by atoms with Crippen molar-refractivity contribution in [3.05, 3.63) is 94.3 Å². The van der Waals surface area contributed by atoms with Gasteiger partial charge >= 0.3 is 5.97 Å². The Labute approximate surface area is 236 Å². The molecule has 4 aromatic rings. The van der Waals surface area contributed by atoms with Crippen molar-refractivity contribution in [1.29, 1.82) is 0 Å². The molecule has 0 bridgehead atoms. The van der Waals surface area contributed by atoms with E-state index in [0.717, 1.165) is 11.1 Å². The van der Waals surface area contributed by atoms with Crippen molar-refractivity contribution in [3.63, 3.8) is 0 Å². The lowest BCUT2D eigenvalue weighted by atomic mass is 10.0. The van der Waals surface area contributed by atoms with Gasteiger partial charge in [0.25, 0.3) is 11.8 Å². The van der Waals surface area contributed by atoms with Crippen LogP contribution in [-0.4, -0.2) is 50.8 Å². The number of carbonyl (C=O) groups excluding carboxylic acids is 2. The first-order valence-corrected chi connectivity index (χ1v) is 12.7. The quantitative estimate of drug-likeness (QED) is 0.135. The molecule has 0 radical (unpaired) electrons. The predicted molar refractivity (Wildman–Crippen MR) is 152 cm³/mol. The number of amides is 2. The zero-order valence-corrected chi connectivity index (χ0v) is 22.6. The fourth-order valence-corrected chi connectivity index (χ4v) is 4.33. The number of carbonyl (C=O) groups is 3. The van der Waals surface area contributed by atoms with Gasteiger partial charge in [0, 0.05) is 46.6 Å². The van der Waals surface area contributed by atoms with Crippen molar-refractivity contribution in [1.82, 2.24) is 20.3 Å². The normalized spacial score (nSPS) is 10.6. The average Bonchev–Trinajstić information content (AvgIpc) is 2.94. The van der Waals surface area contributed by atoms with E-state index >= 15 is 0 Å². The van der Waals surface area contributed by atoms with Gasteiger partial charge in [0.05, 0.1) is 21.8 Å². The zero-order valence-electron chi connectivity index (χ0n) is 21.8. The molecule has 10 heteroatoms. The molecule has 2 aromatic carbocycles. The number of nitrogen functional groups attached to an aromatic ring is 1. The number of rotatable bonds is 7. The standard InChI is InChI=1S/C30H26ClN5O4/c1-18(2)16-36(17-28(37)38)30(40)22-10-9-20(25(31)13-22)6-3-19-4-7-21(8-5-19)27-14-23(29(39)35-32)24-15-33-12-11-26(24)34-27/h4-5,7-15,18H,16-17,32H2,1-2H3,(H,35,39)(H,37,38). The molecule has 2 heterocycles. The van der Waals surface area contributed by atoms with Crippen LogP contribution in [0.5, 0.6) is 0 Å². The van der Waals surface area contributed by atoms with Gasteiger partial charge in [-0.15, -0.1) is 0 Å². The van der Waals surface area contributed by atoms with Crippen molar-refractivity contribution in [2.75, 3.05) is 13.1 Å². The molecule has 2 amide bonds. The maximum Gasteiger partial charge on any atom is 0.323 e. The number of pyridine rings is 2. The van der Waals surface area contributed by atoms with Gasteiger partial charge in [-0.1, -0.05) is 49.4 Å². The number of halogens is 1. The number of nitrogens with zero attached hydrogens (tertiary/aromatic N) is 3. The first kappa shape index (κ1) is 28.2. The summed E-state index contributed by atoms with van der Waals surface area (Å²) in [5.74, 6) is 9.61. The van der Waals surface area contributed by atoms with E-state index in [1.54, 1.807) is 36.7 Å². The Kier molecular flexibility index (Phi) is 8.74. The molecule has 0 saturated heterocycles. The fourth-order valence-electron chi connectivity index (χ4n) is 4.10. The Bertz CT molecular complexity index is 1660. The largest absolute Gasteiger partial charge is 0.480 e. The summed E-state index contributed by atoms with van der Waals surface area (Å²) < 4.78 is 0. The highest BCUT2D eigenvalue weighted by atomic mass is 35.5. The Morgan fingerprint density at radius 2 is 1.82 bits per heavy atom. The summed E-state index contributed by atoms with van der Waals surface area (Å²) in [4.78, 5) is 46.4. The maximum atomic E-state index is 12.9. The number of benzene rings is 2. The third kappa shape index (κ3) is 6.61. The minimum Gasteiger partial charge on any atom is -0.480 e. The Morgan fingerprint density at radius 3 is 2.48 bits per heavy atom. The lowest BCUT2D eigenvalue weighted by Gasteiger charge is -2.23. The van der Waals surface area contributed by atoms with E-state index in [0.29, 0.717) is 39.8 Å². The molecule has 40 heavy (non-hydrogen) atoms. The van der Waals surface area contributed by atoms with Crippen LogP contribution in [-0.2, 0) is 4.79 Å². The van der Waals surface area contributed by atoms with E-state index in [1.807, 2.05) is 38.1 Å². The number of nitrogens with two attached hydrogens (primary N) is 1. The number of aliphatic carboxylic acids is 1. The first-order chi connectivity index (χ1) is 19.2. The molecular weight excluding hydrogens is 530 g/mol. The van der Waals surface area contributed by atoms with Gasteiger partial charge in [-0.2, -0.15) is 0 Å². The molecule has 0 unspecified atom stereocenters. The number of aromatic nitrogens is 2. The molecule has 0 aliphatic carbocycles. The van der Waals surface area contributed by atoms with Crippen molar-refractivity contribution < 1.29 is 19.5 Å². The van der Waals surface area contributed by atoms with Crippen LogP contribution in [0.2, 0.25) is 5.02 Å². The van der Waals surface area contributed by atoms with Crippen LogP contribution in [0.15, 0.2) is 67.0 Å². The summed E-state index contributed by atoms with van der Waals surface area (Å²) in [5, 5.41) is 10.1. The van der Waals surface area contributed by atoms with E-state index < -0.39 is 17.8 Å². The summed E-state index contributed by atoms with van der Waals surface area (Å²) >= 11 is 6.42. The van der Waals surface area contributed by atoms with Gasteiger partial charge in [0.15, 0.2) is 0 Å². The molecule has 0 spiro atoms. The molecular formula is C30H26ClN5O4. The molecule has 2 aromatic heterocycles. The number of fused-ring (bicyclic) bond motifs is 1. The van der Waals surface area contributed by atoms with Crippen molar-refractivity contribution in [3.8, 4) is 23.1 Å². The van der Waals surface area contributed by atoms with Crippen LogP contribution in [0.4, 0.5) is 0 Å². The van der Waals surface area contributed by atoms with Gasteiger partial charge in [0.2, 0.25) is 0 Å². The number of hydrogen-bond acceptors (Lipinski definition) is 6. The molecule has 0 saturated carbocycles. The van der Waals surface area contributed by atoms with E-state index in [-0.39, 0.29) is 17.5 Å². The zero-order chi connectivity index (χ0) is 28.8. The van der Waals surface area contributed by atoms with Crippen LogP contribution in [0, 0.1) is 17.8 Å². The molecule has 0 atom stereocenters. The molecule has 9 nitrogen and oxygen atoms in total. The van der Waals surface area contributed by atoms with Gasteiger partial charge in [0.1, 0.15) is 6.54 Å². The van der Waals surface area contributed by atoms with Crippen LogP contribution < -0.4 is 11.3 Å². The van der Waals surface area contributed by atoms with E-state index in [4.69, 9.17) is 17.4 Å². The second-order valence-electron chi connectivity index (χ2n) is 9.42. The van der Waals surface area contributed by atoms with E-state index in [1.165, 1.54) is 11.0 Å². The van der Waals surface area contributed by atoms with Gasteiger partial charge in [-0.3, -0.25) is 24.8 Å². The summed E-state index contributed by atoms with van der Waals surface area (Å²) in [6.07, 6.45) is 3.17. The second kappa shape index (κ2) is 12.4. The van der Waals surface area contributed by atoms with Gasteiger partial charge in [-0.25, -0.2) is 10.8 Å². The average molecular weight is 556 g/mol. The summed E-state index contributed by atoms with van der Waals surface area (Å²) in [5.41, 5.74) is 6.05. The maximum absolute atomic E-state index is 12.9. The highest BCUT2D eigenvalue weighted by Crippen LogP contribution is 2.25. The Morgan fingerprint density at radius 1 is 1.07 bits per heavy atom. The fraction of sp³-hybridized carbons (Fsp3) is 0.167. The first-order valence-electron chi connectivity index (χ1n) is 12.3. The molecule has 0 aliphatic rings. The van der Waals surface area contributed by atoms with E-state index in [9.17, 15) is 19.5 Å².